The molecule has 2 N–H and O–H groups in total. The average Bonchev–Trinajstić information content (AvgIpc) is 2.66. The van der Waals surface area contributed by atoms with Crippen molar-refractivity contribution in [2.45, 2.75) is 136 Å². The Hall–Kier alpha value is -0.570. The lowest BCUT2D eigenvalue weighted by atomic mass is 9.68. The highest BCUT2D eigenvalue weighted by atomic mass is 16.2. The molecule has 2 aliphatic carbocycles. The van der Waals surface area contributed by atoms with Gasteiger partial charge in [0.1, 0.15) is 0 Å². The van der Waals surface area contributed by atoms with Gasteiger partial charge >= 0.3 is 0 Å². The standard InChI is InChI=1S/C26H48N2O/c1-25(2,3)19-21-12-11-13-22(18-21)28-24(29)23-20-26(16-17-27-23)14-9-7-5-4-6-8-10-15-26/h21-23,27H,4-20H2,1-3H3,(H,28,29). The predicted molar refractivity (Wildman–Crippen MR) is 123 cm³/mol. The van der Waals surface area contributed by atoms with Gasteiger partial charge in [0.05, 0.1) is 6.04 Å². The third-order valence-corrected chi connectivity index (χ3v) is 7.94. The molecule has 1 saturated heterocycles. The molecular weight excluding hydrogens is 356 g/mol. The van der Waals surface area contributed by atoms with Crippen LogP contribution in [-0.2, 0) is 4.79 Å². The third-order valence-electron chi connectivity index (χ3n) is 7.94. The van der Waals surface area contributed by atoms with Gasteiger partial charge in [-0.1, -0.05) is 78.6 Å². The molecule has 29 heavy (non-hydrogen) atoms. The second-order valence-corrected chi connectivity index (χ2v) is 11.9. The van der Waals surface area contributed by atoms with Gasteiger partial charge in [-0.3, -0.25) is 4.79 Å². The number of nitrogens with one attached hydrogen (secondary N) is 2. The summed E-state index contributed by atoms with van der Waals surface area (Å²) in [5.41, 5.74) is 0.815. The van der Waals surface area contributed by atoms with Crippen LogP contribution >= 0.6 is 0 Å². The zero-order valence-electron chi connectivity index (χ0n) is 19.7. The summed E-state index contributed by atoms with van der Waals surface area (Å²) in [6.45, 7) is 8.06. The fourth-order valence-electron chi connectivity index (χ4n) is 6.54. The van der Waals surface area contributed by atoms with Crippen LogP contribution in [0.3, 0.4) is 0 Å². The van der Waals surface area contributed by atoms with E-state index in [0.29, 0.717) is 22.8 Å². The van der Waals surface area contributed by atoms with E-state index in [1.165, 1.54) is 96.3 Å². The third kappa shape index (κ3) is 7.56. The Bertz CT molecular complexity index is 499. The van der Waals surface area contributed by atoms with Crippen molar-refractivity contribution in [2.24, 2.45) is 16.7 Å². The molecule has 3 fully saturated rings. The van der Waals surface area contributed by atoms with E-state index in [9.17, 15) is 4.79 Å². The fourth-order valence-corrected chi connectivity index (χ4v) is 6.54. The number of hydrogen-bond acceptors (Lipinski definition) is 2. The van der Waals surface area contributed by atoms with Gasteiger partial charge in [-0.25, -0.2) is 0 Å². The van der Waals surface area contributed by atoms with Crippen LogP contribution in [0.4, 0.5) is 0 Å². The van der Waals surface area contributed by atoms with E-state index in [4.69, 9.17) is 0 Å². The van der Waals surface area contributed by atoms with Crippen LogP contribution in [0.5, 0.6) is 0 Å². The van der Waals surface area contributed by atoms with Crippen LogP contribution in [0.25, 0.3) is 0 Å². The van der Waals surface area contributed by atoms with E-state index in [1.807, 2.05) is 0 Å². The van der Waals surface area contributed by atoms with E-state index in [-0.39, 0.29) is 6.04 Å². The summed E-state index contributed by atoms with van der Waals surface area (Å²) < 4.78 is 0. The second-order valence-electron chi connectivity index (χ2n) is 11.9. The van der Waals surface area contributed by atoms with Crippen molar-refractivity contribution < 1.29 is 4.79 Å². The van der Waals surface area contributed by atoms with Crippen molar-refractivity contribution in [2.75, 3.05) is 6.54 Å². The maximum atomic E-state index is 13.2. The van der Waals surface area contributed by atoms with Crippen molar-refractivity contribution in [1.29, 1.82) is 0 Å². The molecule has 0 radical (unpaired) electrons. The van der Waals surface area contributed by atoms with Gasteiger partial charge in [0.25, 0.3) is 0 Å². The summed E-state index contributed by atoms with van der Waals surface area (Å²) in [4.78, 5) is 13.2. The van der Waals surface area contributed by atoms with Crippen LogP contribution in [0.15, 0.2) is 0 Å². The summed E-state index contributed by atoms with van der Waals surface area (Å²) in [6, 6.07) is 0.432. The number of rotatable bonds is 3. The summed E-state index contributed by atoms with van der Waals surface area (Å²) >= 11 is 0. The minimum Gasteiger partial charge on any atom is -0.352 e. The number of carbonyl (C=O) groups excluding carboxylic acids is 1. The highest BCUT2D eigenvalue weighted by molar-refractivity contribution is 5.82. The number of hydrogen-bond donors (Lipinski definition) is 2. The Morgan fingerprint density at radius 1 is 0.931 bits per heavy atom. The summed E-state index contributed by atoms with van der Waals surface area (Å²) in [5.74, 6) is 1.07. The summed E-state index contributed by atoms with van der Waals surface area (Å²) in [6.07, 6.45) is 21.0. The fraction of sp³-hybridized carbons (Fsp3) is 0.962. The van der Waals surface area contributed by atoms with Crippen LogP contribution in [0.1, 0.15) is 124 Å². The Labute approximate surface area is 180 Å². The summed E-state index contributed by atoms with van der Waals surface area (Å²) in [7, 11) is 0. The predicted octanol–water partition coefficient (Wildman–Crippen LogP) is 6.36. The molecule has 3 atom stereocenters. The van der Waals surface area contributed by atoms with Gasteiger partial charge in [-0.05, 0) is 68.2 Å². The first kappa shape index (κ1) is 23.1. The van der Waals surface area contributed by atoms with E-state index in [2.05, 4.69) is 31.4 Å². The molecule has 3 heteroatoms. The van der Waals surface area contributed by atoms with Crippen molar-refractivity contribution in [1.82, 2.24) is 10.6 Å². The molecule has 1 heterocycles. The molecule has 1 amide bonds. The Kier molecular flexibility index (Phi) is 8.48. The first-order chi connectivity index (χ1) is 13.9. The van der Waals surface area contributed by atoms with Gasteiger partial charge in [-0.15, -0.1) is 0 Å². The molecule has 1 aliphatic heterocycles. The van der Waals surface area contributed by atoms with Crippen molar-refractivity contribution >= 4 is 5.91 Å². The highest BCUT2D eigenvalue weighted by Crippen LogP contribution is 2.42. The quantitative estimate of drug-likeness (QED) is 0.574. The van der Waals surface area contributed by atoms with E-state index in [0.717, 1.165) is 18.9 Å². The molecule has 3 unspecified atom stereocenters. The molecule has 0 aromatic carbocycles. The molecule has 3 nitrogen and oxygen atoms in total. The van der Waals surface area contributed by atoms with E-state index >= 15 is 0 Å². The first-order valence-corrected chi connectivity index (χ1v) is 12.9. The number of piperidine rings is 1. The molecule has 0 aromatic heterocycles. The van der Waals surface area contributed by atoms with Crippen LogP contribution in [0, 0.1) is 16.7 Å². The van der Waals surface area contributed by atoms with Gasteiger partial charge in [0.15, 0.2) is 0 Å². The molecule has 0 bridgehead atoms. The van der Waals surface area contributed by atoms with Gasteiger partial charge in [-0.2, -0.15) is 0 Å². The SMILES string of the molecule is CC(C)(C)CC1CCCC(NC(=O)C2CC3(CCCCCCCCC3)CCN2)C1. The van der Waals surface area contributed by atoms with Crippen LogP contribution in [-0.4, -0.2) is 24.5 Å². The molecule has 3 rings (SSSR count). The van der Waals surface area contributed by atoms with Gasteiger partial charge in [0, 0.05) is 6.04 Å². The van der Waals surface area contributed by atoms with E-state index < -0.39 is 0 Å². The lowest BCUT2D eigenvalue weighted by Gasteiger charge is -2.42. The van der Waals surface area contributed by atoms with E-state index in [1.54, 1.807) is 0 Å². The highest BCUT2D eigenvalue weighted by Gasteiger charge is 2.38. The number of amides is 1. The molecule has 1 spiro atoms. The van der Waals surface area contributed by atoms with Crippen molar-refractivity contribution in [3.05, 3.63) is 0 Å². The molecular formula is C26H48N2O. The Morgan fingerprint density at radius 3 is 2.24 bits per heavy atom. The normalized spacial score (nSPS) is 31.9. The molecule has 168 valence electrons. The lowest BCUT2D eigenvalue weighted by molar-refractivity contribution is -0.126. The van der Waals surface area contributed by atoms with Crippen molar-refractivity contribution in [3.63, 3.8) is 0 Å². The minimum atomic E-state index is 0.0367. The Balaban J connectivity index is 1.53. The topological polar surface area (TPSA) is 41.1 Å². The van der Waals surface area contributed by atoms with Crippen LogP contribution < -0.4 is 10.6 Å². The summed E-state index contributed by atoms with van der Waals surface area (Å²) in [5, 5.41) is 7.06. The van der Waals surface area contributed by atoms with Crippen molar-refractivity contribution in [3.8, 4) is 0 Å². The number of carbonyl (C=O) groups is 1. The molecule has 3 aliphatic rings. The molecule has 0 aromatic rings. The lowest BCUT2D eigenvalue weighted by Crippen LogP contribution is -2.54. The average molecular weight is 405 g/mol. The zero-order valence-corrected chi connectivity index (χ0v) is 19.7. The van der Waals surface area contributed by atoms with Gasteiger partial charge in [0.2, 0.25) is 5.91 Å². The molecule has 2 saturated carbocycles. The smallest absolute Gasteiger partial charge is 0.237 e. The largest absolute Gasteiger partial charge is 0.352 e. The maximum absolute atomic E-state index is 13.2. The first-order valence-electron chi connectivity index (χ1n) is 12.9. The maximum Gasteiger partial charge on any atom is 0.237 e. The second kappa shape index (κ2) is 10.6. The monoisotopic (exact) mass is 404 g/mol. The minimum absolute atomic E-state index is 0.0367. The Morgan fingerprint density at radius 2 is 1.59 bits per heavy atom. The zero-order chi connectivity index (χ0) is 20.7. The van der Waals surface area contributed by atoms with Crippen LogP contribution in [0.2, 0.25) is 0 Å². The van der Waals surface area contributed by atoms with Gasteiger partial charge < -0.3 is 10.6 Å².